The Labute approximate surface area is 142 Å². The molecule has 0 saturated heterocycles. The van der Waals surface area contributed by atoms with E-state index in [2.05, 4.69) is 0 Å². The largest absolute Gasteiger partial charge is 0.480 e. The van der Waals surface area contributed by atoms with Crippen LogP contribution < -0.4 is 9.92 Å². The van der Waals surface area contributed by atoms with E-state index in [4.69, 9.17) is 15.0 Å². The molecule has 0 aromatic heterocycles. The molecule has 25 heavy (non-hydrogen) atoms. The van der Waals surface area contributed by atoms with Gasteiger partial charge >= 0.3 is 16.1 Å². The van der Waals surface area contributed by atoms with Crippen LogP contribution in [0.5, 0.6) is 5.75 Å². The number of hydrogen-bond donors (Lipinski definition) is 2. The van der Waals surface area contributed by atoms with E-state index in [9.17, 15) is 23.3 Å². The molecule has 9 nitrogen and oxygen atoms in total. The molecule has 2 aromatic rings. The average molecular weight is 366 g/mol. The third-order valence-corrected chi connectivity index (χ3v) is 4.50. The summed E-state index contributed by atoms with van der Waals surface area (Å²) in [7, 11) is -4.15. The summed E-state index contributed by atoms with van der Waals surface area (Å²) in [5.74, 6) is -1.12. The van der Waals surface area contributed by atoms with Crippen molar-refractivity contribution in [1.82, 2.24) is 0 Å². The van der Waals surface area contributed by atoms with Crippen LogP contribution in [0.15, 0.2) is 53.4 Å². The van der Waals surface area contributed by atoms with E-state index < -0.39 is 27.1 Å². The van der Waals surface area contributed by atoms with E-state index in [0.29, 0.717) is 5.56 Å². The van der Waals surface area contributed by atoms with Gasteiger partial charge in [-0.15, -0.1) is 0 Å². The van der Waals surface area contributed by atoms with Gasteiger partial charge in [-0.3, -0.25) is 14.9 Å². The Morgan fingerprint density at radius 3 is 2.20 bits per heavy atom. The predicted octanol–water partition coefficient (Wildman–Crippen LogP) is 1.32. The Balaban J connectivity index is 2.12. The molecule has 0 aliphatic rings. The van der Waals surface area contributed by atoms with Crippen molar-refractivity contribution in [2.75, 3.05) is 0 Å². The van der Waals surface area contributed by atoms with E-state index in [1.54, 1.807) is 0 Å². The summed E-state index contributed by atoms with van der Waals surface area (Å²) in [4.78, 5) is 20.4. The lowest BCUT2D eigenvalue weighted by molar-refractivity contribution is -0.384. The lowest BCUT2D eigenvalue weighted by Crippen LogP contribution is -2.32. The van der Waals surface area contributed by atoms with Crippen LogP contribution in [0.2, 0.25) is 0 Å². The normalized spacial score (nSPS) is 12.4. The van der Waals surface area contributed by atoms with Crippen LogP contribution in [-0.2, 0) is 21.3 Å². The molecule has 0 fully saturated rings. The molecule has 3 N–H and O–H groups in total. The fourth-order valence-corrected chi connectivity index (χ4v) is 2.86. The number of nitro benzene ring substituents is 1. The zero-order chi connectivity index (χ0) is 18.6. The molecule has 132 valence electrons. The Hall–Kier alpha value is -2.98. The van der Waals surface area contributed by atoms with Gasteiger partial charge in [0.05, 0.1) is 4.92 Å². The number of nitro groups is 1. The highest BCUT2D eigenvalue weighted by atomic mass is 32.2. The maximum Gasteiger partial charge on any atom is 0.339 e. The van der Waals surface area contributed by atoms with Gasteiger partial charge in [0, 0.05) is 12.1 Å². The molecule has 0 saturated carbocycles. The number of hydrogen-bond acceptors (Lipinski definition) is 7. The maximum atomic E-state index is 12.1. The van der Waals surface area contributed by atoms with Gasteiger partial charge in [-0.25, -0.2) is 0 Å². The van der Waals surface area contributed by atoms with Crippen molar-refractivity contribution in [3.63, 3.8) is 0 Å². The van der Waals surface area contributed by atoms with E-state index in [1.165, 1.54) is 24.3 Å². The molecular formula is C15H14N2O7S. The molecule has 0 radical (unpaired) electrons. The standard InChI is InChI=1S/C15H14N2O7S/c16-14(15(18)19)9-10-1-5-12(6-2-10)24-25(22,23)13-7-3-11(4-8-13)17(20)21/h1-8,14H,9,16H2,(H,18,19)/t14-/m0/s1. The molecule has 0 unspecified atom stereocenters. The highest BCUT2D eigenvalue weighted by Gasteiger charge is 2.18. The lowest BCUT2D eigenvalue weighted by atomic mass is 10.1. The molecule has 0 amide bonds. The fraction of sp³-hybridized carbons (Fsp3) is 0.133. The summed E-state index contributed by atoms with van der Waals surface area (Å²) < 4.78 is 29.2. The first-order valence-electron chi connectivity index (χ1n) is 6.95. The second kappa shape index (κ2) is 7.28. The van der Waals surface area contributed by atoms with Crippen molar-refractivity contribution >= 4 is 21.8 Å². The van der Waals surface area contributed by atoms with Crippen LogP contribution in [0.4, 0.5) is 5.69 Å². The zero-order valence-corrected chi connectivity index (χ0v) is 13.5. The van der Waals surface area contributed by atoms with Gasteiger partial charge in [0.1, 0.15) is 16.7 Å². The number of carbonyl (C=O) groups is 1. The summed E-state index contributed by atoms with van der Waals surface area (Å²) in [6, 6.07) is 8.96. The van der Waals surface area contributed by atoms with E-state index >= 15 is 0 Å². The molecule has 0 aliphatic heterocycles. The minimum absolute atomic E-state index is 0.0194. The molecule has 0 bridgehead atoms. The van der Waals surface area contributed by atoms with E-state index in [0.717, 1.165) is 24.3 Å². The Morgan fingerprint density at radius 1 is 1.16 bits per heavy atom. The van der Waals surface area contributed by atoms with E-state index in [1.807, 2.05) is 0 Å². The van der Waals surface area contributed by atoms with Crippen LogP contribution in [-0.4, -0.2) is 30.5 Å². The first kappa shape index (κ1) is 18.4. The first-order valence-corrected chi connectivity index (χ1v) is 8.36. The zero-order valence-electron chi connectivity index (χ0n) is 12.7. The molecule has 0 aliphatic carbocycles. The Morgan fingerprint density at radius 2 is 1.72 bits per heavy atom. The number of benzene rings is 2. The third kappa shape index (κ3) is 4.75. The van der Waals surface area contributed by atoms with Crippen LogP contribution in [0.3, 0.4) is 0 Å². The van der Waals surface area contributed by atoms with Crippen molar-refractivity contribution in [2.45, 2.75) is 17.4 Å². The van der Waals surface area contributed by atoms with Crippen molar-refractivity contribution in [3.05, 3.63) is 64.2 Å². The monoisotopic (exact) mass is 366 g/mol. The number of aliphatic carboxylic acids is 1. The smallest absolute Gasteiger partial charge is 0.339 e. The maximum absolute atomic E-state index is 12.1. The van der Waals surface area contributed by atoms with Crippen molar-refractivity contribution in [1.29, 1.82) is 0 Å². The quantitative estimate of drug-likeness (QED) is 0.423. The highest BCUT2D eigenvalue weighted by Crippen LogP contribution is 2.21. The van der Waals surface area contributed by atoms with Gasteiger partial charge in [0.25, 0.3) is 5.69 Å². The average Bonchev–Trinajstić information content (AvgIpc) is 2.56. The van der Waals surface area contributed by atoms with Crippen molar-refractivity contribution < 1.29 is 27.4 Å². The highest BCUT2D eigenvalue weighted by molar-refractivity contribution is 7.87. The molecule has 0 heterocycles. The first-order chi connectivity index (χ1) is 11.7. The van der Waals surface area contributed by atoms with Gasteiger partial charge in [-0.2, -0.15) is 8.42 Å². The number of carboxylic acid groups (broad SMARTS) is 1. The Kier molecular flexibility index (Phi) is 5.35. The predicted molar refractivity (Wildman–Crippen MR) is 86.7 cm³/mol. The van der Waals surface area contributed by atoms with Crippen molar-refractivity contribution in [3.8, 4) is 5.75 Å². The fourth-order valence-electron chi connectivity index (χ4n) is 1.93. The lowest BCUT2D eigenvalue weighted by Gasteiger charge is -2.09. The second-order valence-electron chi connectivity index (χ2n) is 5.08. The second-order valence-corrected chi connectivity index (χ2v) is 6.63. The number of nitrogens with two attached hydrogens (primary N) is 1. The van der Waals surface area contributed by atoms with Crippen LogP contribution in [0, 0.1) is 10.1 Å². The Bertz CT molecular complexity index is 877. The van der Waals surface area contributed by atoms with Crippen molar-refractivity contribution in [2.24, 2.45) is 5.73 Å². The number of non-ortho nitro benzene ring substituents is 1. The number of rotatable bonds is 7. The number of nitrogens with zero attached hydrogens (tertiary/aromatic N) is 1. The minimum Gasteiger partial charge on any atom is -0.480 e. The molecule has 1 atom stereocenters. The van der Waals surface area contributed by atoms with Crippen LogP contribution in [0.25, 0.3) is 0 Å². The van der Waals surface area contributed by atoms with Crippen LogP contribution in [0.1, 0.15) is 5.56 Å². The molecule has 2 rings (SSSR count). The van der Waals surface area contributed by atoms with Gasteiger partial charge in [0.2, 0.25) is 0 Å². The van der Waals surface area contributed by atoms with Gasteiger partial charge < -0.3 is 15.0 Å². The summed E-state index contributed by atoms with van der Waals surface area (Å²) in [6.07, 6.45) is 0.0880. The van der Waals surface area contributed by atoms with Gasteiger partial charge in [0.15, 0.2) is 0 Å². The third-order valence-electron chi connectivity index (χ3n) is 3.24. The molecular weight excluding hydrogens is 352 g/mol. The van der Waals surface area contributed by atoms with Gasteiger partial charge in [-0.05, 0) is 36.2 Å². The summed E-state index contributed by atoms with van der Waals surface area (Å²) in [6.45, 7) is 0. The SMILES string of the molecule is N[C@@H](Cc1ccc(OS(=O)(=O)c2ccc([N+](=O)[O-])cc2)cc1)C(=O)O. The van der Waals surface area contributed by atoms with Crippen LogP contribution >= 0.6 is 0 Å². The number of carboxylic acids is 1. The molecule has 10 heteroatoms. The summed E-state index contributed by atoms with van der Waals surface area (Å²) in [5.41, 5.74) is 5.79. The van der Waals surface area contributed by atoms with Gasteiger partial charge in [-0.1, -0.05) is 12.1 Å². The minimum atomic E-state index is -4.15. The van der Waals surface area contributed by atoms with E-state index in [-0.39, 0.29) is 22.8 Å². The molecule has 2 aromatic carbocycles. The topological polar surface area (TPSA) is 150 Å². The molecule has 0 spiro atoms. The summed E-state index contributed by atoms with van der Waals surface area (Å²) in [5, 5.41) is 19.3. The summed E-state index contributed by atoms with van der Waals surface area (Å²) >= 11 is 0.